The second-order valence-electron chi connectivity index (χ2n) is 9.48. The van der Waals surface area contributed by atoms with Crippen molar-refractivity contribution in [3.8, 4) is 11.6 Å². The van der Waals surface area contributed by atoms with Crippen molar-refractivity contribution in [2.45, 2.75) is 40.5 Å². The molecule has 0 unspecified atom stereocenters. The van der Waals surface area contributed by atoms with Crippen LogP contribution in [0.3, 0.4) is 0 Å². The molecule has 29 heavy (non-hydrogen) atoms. The standard InChI is InChI=1S/C23H27N3O3/c1-22(2)11-17(22)20(27)25-14-5-8-16(9-6-14)29-19-10-7-15(13-24-19)26-21(28)18-12-23(18,3)4/h5-10,13,17-18H,11-12H2,1-4H3,(H,25,27)(H,26,28)/t17-,18-/m1/s1. The SMILES string of the molecule is CC1(C)C[C@@H]1C(=O)Nc1ccc(Oc2ccc(NC(=O)[C@H]3CC3(C)C)cn2)cc1. The molecule has 2 aromatic rings. The van der Waals surface area contributed by atoms with Gasteiger partial charge in [0, 0.05) is 23.6 Å². The maximum absolute atomic E-state index is 12.2. The summed E-state index contributed by atoms with van der Waals surface area (Å²) in [4.78, 5) is 28.6. The van der Waals surface area contributed by atoms with Gasteiger partial charge in [0.25, 0.3) is 0 Å². The first kappa shape index (κ1) is 19.4. The van der Waals surface area contributed by atoms with Gasteiger partial charge in [0.15, 0.2) is 0 Å². The maximum Gasteiger partial charge on any atom is 0.228 e. The van der Waals surface area contributed by atoms with E-state index < -0.39 is 0 Å². The van der Waals surface area contributed by atoms with Gasteiger partial charge >= 0.3 is 0 Å². The van der Waals surface area contributed by atoms with Gasteiger partial charge in [-0.3, -0.25) is 9.59 Å². The molecule has 0 aliphatic heterocycles. The Morgan fingerprint density at radius 3 is 1.79 bits per heavy atom. The minimum Gasteiger partial charge on any atom is -0.439 e. The van der Waals surface area contributed by atoms with E-state index >= 15 is 0 Å². The molecule has 2 saturated carbocycles. The Labute approximate surface area is 171 Å². The lowest BCUT2D eigenvalue weighted by molar-refractivity contribution is -0.118. The topological polar surface area (TPSA) is 80.3 Å². The minimum atomic E-state index is 0.0395. The number of amides is 2. The number of ether oxygens (including phenoxy) is 1. The van der Waals surface area contributed by atoms with E-state index in [1.807, 2.05) is 12.1 Å². The van der Waals surface area contributed by atoms with Gasteiger partial charge < -0.3 is 15.4 Å². The summed E-state index contributed by atoms with van der Waals surface area (Å²) < 4.78 is 5.75. The largest absolute Gasteiger partial charge is 0.439 e. The number of nitrogens with zero attached hydrogens (tertiary/aromatic N) is 1. The van der Waals surface area contributed by atoms with E-state index in [2.05, 4.69) is 43.3 Å². The maximum atomic E-state index is 12.2. The molecular weight excluding hydrogens is 366 g/mol. The van der Waals surface area contributed by atoms with Crippen LogP contribution in [-0.4, -0.2) is 16.8 Å². The number of rotatable bonds is 6. The molecule has 152 valence electrons. The quantitative estimate of drug-likeness (QED) is 0.736. The fourth-order valence-corrected chi connectivity index (χ4v) is 3.53. The van der Waals surface area contributed by atoms with Crippen LogP contribution in [0, 0.1) is 22.7 Å². The zero-order chi connectivity index (χ0) is 20.8. The molecule has 0 spiro atoms. The second-order valence-corrected chi connectivity index (χ2v) is 9.48. The van der Waals surface area contributed by atoms with Gasteiger partial charge in [0.1, 0.15) is 5.75 Å². The molecule has 0 bridgehead atoms. The minimum absolute atomic E-state index is 0.0395. The molecule has 4 rings (SSSR count). The fourth-order valence-electron chi connectivity index (χ4n) is 3.53. The van der Waals surface area contributed by atoms with Gasteiger partial charge in [-0.2, -0.15) is 0 Å². The van der Waals surface area contributed by atoms with E-state index in [0.29, 0.717) is 17.3 Å². The van der Waals surface area contributed by atoms with Crippen molar-refractivity contribution in [1.82, 2.24) is 4.98 Å². The molecule has 2 aliphatic carbocycles. The Morgan fingerprint density at radius 1 is 0.862 bits per heavy atom. The van der Waals surface area contributed by atoms with Crippen LogP contribution in [0.15, 0.2) is 42.6 Å². The van der Waals surface area contributed by atoms with Crippen LogP contribution in [0.2, 0.25) is 0 Å². The van der Waals surface area contributed by atoms with E-state index in [4.69, 9.17) is 4.74 Å². The highest BCUT2D eigenvalue weighted by Crippen LogP contribution is 2.52. The number of carbonyl (C=O) groups is 2. The van der Waals surface area contributed by atoms with Crippen molar-refractivity contribution in [1.29, 1.82) is 0 Å². The van der Waals surface area contributed by atoms with Crippen molar-refractivity contribution in [3.05, 3.63) is 42.6 Å². The molecule has 2 fully saturated rings. The number of anilines is 2. The lowest BCUT2D eigenvalue weighted by Gasteiger charge is -2.09. The van der Waals surface area contributed by atoms with Gasteiger partial charge in [-0.25, -0.2) is 4.98 Å². The summed E-state index contributed by atoms with van der Waals surface area (Å²) in [6, 6.07) is 10.7. The molecule has 1 aromatic heterocycles. The van der Waals surface area contributed by atoms with E-state index in [0.717, 1.165) is 18.5 Å². The normalized spacial score (nSPS) is 23.0. The number of aromatic nitrogens is 1. The number of pyridine rings is 1. The average molecular weight is 393 g/mol. The lowest BCUT2D eigenvalue weighted by atomic mass is 10.1. The lowest BCUT2D eigenvalue weighted by Crippen LogP contribution is -2.16. The van der Waals surface area contributed by atoms with Gasteiger partial charge in [-0.05, 0) is 54.0 Å². The van der Waals surface area contributed by atoms with Crippen molar-refractivity contribution < 1.29 is 14.3 Å². The van der Waals surface area contributed by atoms with Crippen LogP contribution < -0.4 is 15.4 Å². The van der Waals surface area contributed by atoms with Crippen molar-refractivity contribution in [3.63, 3.8) is 0 Å². The third kappa shape index (κ3) is 4.42. The highest BCUT2D eigenvalue weighted by atomic mass is 16.5. The van der Waals surface area contributed by atoms with Gasteiger partial charge in [-0.15, -0.1) is 0 Å². The van der Waals surface area contributed by atoms with E-state index in [1.54, 1.807) is 30.5 Å². The number of carbonyl (C=O) groups excluding carboxylic acids is 2. The first-order chi connectivity index (χ1) is 13.6. The summed E-state index contributed by atoms with van der Waals surface area (Å²) in [6.07, 6.45) is 3.44. The Hall–Kier alpha value is -2.89. The summed E-state index contributed by atoms with van der Waals surface area (Å²) in [7, 11) is 0. The molecule has 2 atom stereocenters. The molecular formula is C23H27N3O3. The van der Waals surface area contributed by atoms with Gasteiger partial charge in [0.2, 0.25) is 17.7 Å². The van der Waals surface area contributed by atoms with E-state index in [1.165, 1.54) is 0 Å². The van der Waals surface area contributed by atoms with Crippen LogP contribution in [-0.2, 0) is 9.59 Å². The van der Waals surface area contributed by atoms with Gasteiger partial charge in [0.05, 0.1) is 11.9 Å². The third-order valence-corrected chi connectivity index (χ3v) is 6.01. The molecule has 1 aromatic carbocycles. The van der Waals surface area contributed by atoms with Crippen molar-refractivity contribution in [2.24, 2.45) is 22.7 Å². The molecule has 2 N–H and O–H groups in total. The Morgan fingerprint density at radius 2 is 1.34 bits per heavy atom. The Balaban J connectivity index is 1.30. The zero-order valence-corrected chi connectivity index (χ0v) is 17.3. The highest BCUT2D eigenvalue weighted by molar-refractivity contribution is 5.95. The fraction of sp³-hybridized carbons (Fsp3) is 0.435. The van der Waals surface area contributed by atoms with E-state index in [-0.39, 0.29) is 34.5 Å². The van der Waals surface area contributed by atoms with Crippen molar-refractivity contribution >= 4 is 23.2 Å². The molecule has 6 heteroatoms. The summed E-state index contributed by atoms with van der Waals surface area (Å²) in [5.74, 6) is 1.33. The molecule has 2 aliphatic rings. The molecule has 6 nitrogen and oxygen atoms in total. The van der Waals surface area contributed by atoms with Crippen LogP contribution in [0.5, 0.6) is 11.6 Å². The monoisotopic (exact) mass is 393 g/mol. The summed E-state index contributed by atoms with van der Waals surface area (Å²) in [6.45, 7) is 8.39. The number of nitrogens with one attached hydrogen (secondary N) is 2. The molecule has 2 amide bonds. The van der Waals surface area contributed by atoms with Crippen LogP contribution in [0.25, 0.3) is 0 Å². The number of hydrogen-bond donors (Lipinski definition) is 2. The van der Waals surface area contributed by atoms with Crippen molar-refractivity contribution in [2.75, 3.05) is 10.6 Å². The van der Waals surface area contributed by atoms with Crippen LogP contribution in [0.1, 0.15) is 40.5 Å². The first-order valence-electron chi connectivity index (χ1n) is 10.00. The highest BCUT2D eigenvalue weighted by Gasteiger charge is 2.51. The summed E-state index contributed by atoms with van der Waals surface area (Å²) >= 11 is 0. The summed E-state index contributed by atoms with van der Waals surface area (Å²) in [5, 5.41) is 5.84. The third-order valence-electron chi connectivity index (χ3n) is 6.01. The predicted octanol–water partition coefficient (Wildman–Crippen LogP) is 4.84. The average Bonchev–Trinajstić information content (AvgIpc) is 3.52. The Bertz CT molecular complexity index is 855. The second kappa shape index (κ2) is 6.87. The zero-order valence-electron chi connectivity index (χ0n) is 17.3. The van der Waals surface area contributed by atoms with Crippen LogP contribution in [0.4, 0.5) is 11.4 Å². The molecule has 1 heterocycles. The summed E-state index contributed by atoms with van der Waals surface area (Å²) in [5.41, 5.74) is 1.62. The molecule has 0 radical (unpaired) electrons. The first-order valence-corrected chi connectivity index (χ1v) is 10.00. The van der Waals surface area contributed by atoms with E-state index in [9.17, 15) is 9.59 Å². The molecule has 0 saturated heterocycles. The van der Waals surface area contributed by atoms with Crippen LogP contribution >= 0.6 is 0 Å². The number of benzene rings is 1. The Kier molecular flexibility index (Phi) is 4.60. The predicted molar refractivity (Wildman–Crippen MR) is 112 cm³/mol. The number of hydrogen-bond acceptors (Lipinski definition) is 4. The smallest absolute Gasteiger partial charge is 0.228 e. The van der Waals surface area contributed by atoms with Gasteiger partial charge in [-0.1, -0.05) is 27.7 Å².